The van der Waals surface area contributed by atoms with Crippen molar-refractivity contribution in [1.29, 1.82) is 0 Å². The van der Waals surface area contributed by atoms with Gasteiger partial charge >= 0.3 is 11.8 Å². The fourth-order valence-electron chi connectivity index (χ4n) is 7.44. The van der Waals surface area contributed by atoms with Crippen LogP contribution in [0.1, 0.15) is 205 Å². The van der Waals surface area contributed by atoms with E-state index in [4.69, 9.17) is 0 Å². The summed E-state index contributed by atoms with van der Waals surface area (Å²) in [6.45, 7) is 3.61. The number of hydrogen-bond donors (Lipinski definition) is 12. The maximum atomic E-state index is 11.8. The number of quaternary nitrogens is 2. The van der Waals surface area contributed by atoms with Gasteiger partial charge in [0.1, 0.15) is 0 Å². The lowest BCUT2D eigenvalue weighted by atomic mass is 10.1. The summed E-state index contributed by atoms with van der Waals surface area (Å²) in [6.07, 6.45) is 21.5. The normalized spacial score (nSPS) is 10.4. The van der Waals surface area contributed by atoms with E-state index in [9.17, 15) is 57.5 Å². The van der Waals surface area contributed by atoms with Crippen LogP contribution in [0.3, 0.4) is 0 Å². The molecule has 0 aliphatic heterocycles. The molecule has 0 saturated heterocycles. The smallest absolute Gasteiger partial charge is 0.311 e. The molecule has 24 nitrogen and oxygen atoms in total. The molecule has 0 unspecified atom stereocenters. The van der Waals surface area contributed by atoms with Crippen LogP contribution < -0.4 is 63.0 Å². The molecule has 0 aromatic rings. The Morgan fingerprint density at radius 2 is 0.366 bits per heavy atom. The van der Waals surface area contributed by atoms with Gasteiger partial charge in [-0.15, -0.1) is 0 Å². The Morgan fingerprint density at radius 3 is 0.561 bits per heavy atom. The van der Waals surface area contributed by atoms with E-state index in [-0.39, 0.29) is 83.7 Å². The molecular weight excluding hydrogens is 1060 g/mol. The number of nitrogens with one attached hydrogen (secondary N) is 12. The monoisotopic (exact) mass is 1170 g/mol. The summed E-state index contributed by atoms with van der Waals surface area (Å²) in [5.74, 6) is 0.313. The van der Waals surface area contributed by atoms with E-state index in [1.807, 2.05) is 28.2 Å². The van der Waals surface area contributed by atoms with Crippen molar-refractivity contribution in [2.24, 2.45) is 0 Å². The Hall–Kier alpha value is -6.04. The lowest BCUT2D eigenvalue weighted by Gasteiger charge is -2.07. The van der Waals surface area contributed by atoms with E-state index in [1.165, 1.54) is 0 Å². The zero-order valence-electron chi connectivity index (χ0n) is 51.8. The molecular formula is C58H112N12O12+2. The number of amides is 12. The lowest BCUT2D eigenvalue weighted by Crippen LogP contribution is -3.08. The highest BCUT2D eigenvalue weighted by atomic mass is 16.2. The van der Waals surface area contributed by atoms with Gasteiger partial charge < -0.3 is 53.2 Å². The minimum absolute atomic E-state index is 0.00101. The van der Waals surface area contributed by atoms with Crippen molar-refractivity contribution in [3.05, 3.63) is 0 Å². The van der Waals surface area contributed by atoms with Gasteiger partial charge in [-0.05, 0) is 103 Å². The van der Waals surface area contributed by atoms with E-state index in [0.717, 1.165) is 99.7 Å². The molecule has 0 spiro atoms. The lowest BCUT2D eigenvalue weighted by molar-refractivity contribution is -0.775. The van der Waals surface area contributed by atoms with Gasteiger partial charge in [0, 0.05) is 132 Å². The third-order valence-corrected chi connectivity index (χ3v) is 12.8. The Balaban J connectivity index is -0.00000114. The standard InChI is InChI=1S/C21H40N4O4.C19H36N4O4.C18H34N4O4/c1-22-18(26)12-6-4-10-16-23-19(27)13-8-9-14-20(28)24-17-11-5-7-15-21(29)25(2)3;1-20-16(24)10-6-4-8-14-21-17(25)12-13-18(26)22-15-9-5-7-11-19(27)23(2)3;1-19-15(23)9-3-5-11-17(25)21-13-7-8-14-22-18(26)12-6-4-10-16(24)20-2/h4-17H2,1-3H3,(H,22,26)(H,23,27)(H,24,28);4-15H2,1-3H3,(H,20,24)(H,21,25)(H,22,26);3-14H2,1-2H3,(H,19,23)(H,20,24)(H,21,25)(H,22,26)/p+2. The first-order valence-electron chi connectivity index (χ1n) is 30.3. The second kappa shape index (κ2) is 58.2. The molecule has 0 aromatic heterocycles. The topological polar surface area (TPSA) is 334 Å². The molecule has 0 radical (unpaired) electrons. The van der Waals surface area contributed by atoms with Crippen molar-refractivity contribution >= 4 is 70.9 Å². The quantitative estimate of drug-likeness (QED) is 0.0370. The van der Waals surface area contributed by atoms with Gasteiger partial charge in [0.2, 0.25) is 59.1 Å². The minimum Gasteiger partial charge on any atom is -0.359 e. The average Bonchev–Trinajstić information content (AvgIpc) is 3.45. The molecule has 0 rings (SSSR count). The van der Waals surface area contributed by atoms with E-state index in [2.05, 4.69) is 53.2 Å². The molecule has 474 valence electrons. The number of unbranched alkanes of at least 4 members (excludes halogenated alkanes) is 12. The van der Waals surface area contributed by atoms with E-state index < -0.39 is 0 Å². The number of carbonyl (C=O) groups excluding carboxylic acids is 12. The van der Waals surface area contributed by atoms with Crippen LogP contribution in [0.15, 0.2) is 0 Å². The highest BCUT2D eigenvalue weighted by Crippen LogP contribution is 2.05. The molecule has 24 heteroatoms. The van der Waals surface area contributed by atoms with Crippen LogP contribution in [-0.4, -0.2) is 167 Å². The summed E-state index contributed by atoms with van der Waals surface area (Å²) in [5.41, 5.74) is 0. The van der Waals surface area contributed by atoms with E-state index >= 15 is 0 Å². The third kappa shape index (κ3) is 60.1. The summed E-state index contributed by atoms with van der Waals surface area (Å²) in [7, 11) is 13.8. The first-order chi connectivity index (χ1) is 39.2. The number of carbonyl (C=O) groups is 12. The Labute approximate surface area is 491 Å². The molecule has 82 heavy (non-hydrogen) atoms. The van der Waals surface area contributed by atoms with Crippen molar-refractivity contribution in [1.82, 2.24) is 53.2 Å². The molecule has 0 fully saturated rings. The van der Waals surface area contributed by atoms with Crippen LogP contribution in [0.2, 0.25) is 0 Å². The summed E-state index contributed by atoms with van der Waals surface area (Å²) >= 11 is 0. The minimum atomic E-state index is -0.124. The first kappa shape index (κ1) is 80.2. The van der Waals surface area contributed by atoms with Crippen molar-refractivity contribution in [3.8, 4) is 0 Å². The molecule has 0 saturated carbocycles. The van der Waals surface area contributed by atoms with Gasteiger partial charge in [-0.1, -0.05) is 25.7 Å². The first-order valence-corrected chi connectivity index (χ1v) is 30.3. The predicted octanol–water partition coefficient (Wildman–Crippen LogP) is 0.466. The van der Waals surface area contributed by atoms with Crippen LogP contribution in [0.4, 0.5) is 0 Å². The molecule has 0 atom stereocenters. The highest BCUT2D eigenvalue weighted by molar-refractivity contribution is 5.84. The van der Waals surface area contributed by atoms with Gasteiger partial charge in [-0.3, -0.25) is 57.7 Å². The van der Waals surface area contributed by atoms with Gasteiger partial charge in [-0.25, -0.2) is 9.59 Å². The van der Waals surface area contributed by atoms with Crippen LogP contribution >= 0.6 is 0 Å². The summed E-state index contributed by atoms with van der Waals surface area (Å²) in [4.78, 5) is 139. The van der Waals surface area contributed by atoms with Gasteiger partial charge in [0.15, 0.2) is 0 Å². The Kier molecular flexibility index (Phi) is 56.9. The number of hydrogen-bond acceptors (Lipinski definition) is 12. The largest absolute Gasteiger partial charge is 0.359 e. The molecule has 0 aromatic carbocycles. The molecule has 0 aliphatic rings. The second-order valence-corrected chi connectivity index (χ2v) is 20.7. The highest BCUT2D eigenvalue weighted by Gasteiger charge is 2.12. The summed E-state index contributed by atoms with van der Waals surface area (Å²) < 4.78 is 0. The molecule has 0 heterocycles. The second-order valence-electron chi connectivity index (χ2n) is 20.7. The molecule has 0 bridgehead atoms. The Morgan fingerprint density at radius 1 is 0.207 bits per heavy atom. The zero-order chi connectivity index (χ0) is 62.0. The third-order valence-electron chi connectivity index (χ3n) is 12.8. The maximum Gasteiger partial charge on any atom is 0.311 e. The Bertz CT molecular complexity index is 1760. The van der Waals surface area contributed by atoms with E-state index in [1.54, 1.807) is 28.2 Å². The summed E-state index contributed by atoms with van der Waals surface area (Å²) in [6, 6.07) is 0. The molecule has 12 N–H and O–H groups in total. The van der Waals surface area contributed by atoms with Gasteiger partial charge in [0.05, 0.1) is 41.0 Å². The number of rotatable bonds is 47. The molecule has 0 aliphatic carbocycles. The fourth-order valence-corrected chi connectivity index (χ4v) is 7.44. The van der Waals surface area contributed by atoms with Crippen LogP contribution in [0, 0.1) is 0 Å². The summed E-state index contributed by atoms with van der Waals surface area (Å²) in [5, 5.41) is 27.3. The van der Waals surface area contributed by atoms with Crippen molar-refractivity contribution in [3.63, 3.8) is 0 Å². The molecule has 12 amide bonds. The van der Waals surface area contributed by atoms with Crippen LogP contribution in [0.5, 0.6) is 0 Å². The fraction of sp³-hybridized carbons (Fsp3) is 0.793. The van der Waals surface area contributed by atoms with Crippen molar-refractivity contribution in [2.75, 3.05) is 95.6 Å². The van der Waals surface area contributed by atoms with Gasteiger partial charge in [-0.2, -0.15) is 0 Å². The van der Waals surface area contributed by atoms with Crippen molar-refractivity contribution < 1.29 is 67.3 Å². The average molecular weight is 1170 g/mol. The SMILES string of the molecule is CNC(=O)CCCCC(=O)NCCCCNC(=O)CCCCC(=O)NC.CNC(=O)CCCCCNC(=O)CCC(=O)NCCCCCC(=O)[NH+](C)C.CNC(=O)CCCCCNC(=O)CCCCC(=O)NCCCCCC(=O)[NH+](C)C. The van der Waals surface area contributed by atoms with Crippen LogP contribution in [-0.2, 0) is 57.5 Å². The van der Waals surface area contributed by atoms with Crippen LogP contribution in [0.25, 0.3) is 0 Å². The van der Waals surface area contributed by atoms with E-state index in [0.29, 0.717) is 142 Å². The van der Waals surface area contributed by atoms with Gasteiger partial charge in [0.25, 0.3) is 0 Å². The van der Waals surface area contributed by atoms with Crippen molar-refractivity contribution in [2.45, 2.75) is 205 Å². The maximum absolute atomic E-state index is 11.8. The predicted molar refractivity (Wildman–Crippen MR) is 318 cm³/mol. The zero-order valence-corrected chi connectivity index (χ0v) is 51.8.